The Morgan fingerprint density at radius 1 is 0.944 bits per heavy atom. The number of rotatable bonds is 3. The third-order valence-corrected chi connectivity index (χ3v) is 3.98. The summed E-state index contributed by atoms with van der Waals surface area (Å²) >= 11 is 0. The molecule has 1 amide bonds. The predicted octanol–water partition coefficient (Wildman–Crippen LogP) is -0.554. The molecule has 0 atom stereocenters. The summed E-state index contributed by atoms with van der Waals surface area (Å²) in [6.45, 7) is 12.6. The van der Waals surface area contributed by atoms with Gasteiger partial charge in [0.05, 0.1) is 0 Å². The number of nitrogens with zero attached hydrogens (tertiary/aromatic N) is 3. The van der Waals surface area contributed by atoms with E-state index >= 15 is 0 Å². The van der Waals surface area contributed by atoms with Crippen LogP contribution in [0, 0.1) is 0 Å². The lowest BCUT2D eigenvalue weighted by Gasteiger charge is -2.30. The first-order valence-electron chi connectivity index (χ1n) is 7.16. The van der Waals surface area contributed by atoms with Gasteiger partial charge >= 0.3 is 0 Å². The van der Waals surface area contributed by atoms with E-state index in [4.69, 9.17) is 0 Å². The molecule has 0 aliphatic carbocycles. The van der Waals surface area contributed by atoms with Gasteiger partial charge in [-0.25, -0.2) is 0 Å². The maximum Gasteiger partial charge on any atom is 0.219 e. The van der Waals surface area contributed by atoms with Gasteiger partial charge in [-0.05, 0) is 13.0 Å². The zero-order valence-electron chi connectivity index (χ0n) is 11.5. The highest BCUT2D eigenvalue weighted by atomic mass is 16.2. The second-order valence-electron chi connectivity index (χ2n) is 5.29. The molecule has 0 unspecified atom stereocenters. The van der Waals surface area contributed by atoms with Gasteiger partial charge in [-0.1, -0.05) is 0 Å². The number of nitrogens with one attached hydrogen (secondary N) is 1. The lowest BCUT2D eigenvalue weighted by Crippen LogP contribution is -2.46. The van der Waals surface area contributed by atoms with Crippen LogP contribution in [0.5, 0.6) is 0 Å². The van der Waals surface area contributed by atoms with Gasteiger partial charge in [-0.15, -0.1) is 0 Å². The first-order valence-corrected chi connectivity index (χ1v) is 7.16. The molecule has 5 nitrogen and oxygen atoms in total. The van der Waals surface area contributed by atoms with Gasteiger partial charge in [0.1, 0.15) is 0 Å². The van der Waals surface area contributed by atoms with Crippen molar-refractivity contribution in [2.45, 2.75) is 13.3 Å². The number of hydrogen-bond acceptors (Lipinski definition) is 4. The number of carbonyl (C=O) groups excluding carboxylic acids is 1. The van der Waals surface area contributed by atoms with Gasteiger partial charge in [-0.3, -0.25) is 9.69 Å². The summed E-state index contributed by atoms with van der Waals surface area (Å²) in [5.74, 6) is 0.221. The summed E-state index contributed by atoms with van der Waals surface area (Å²) in [6, 6.07) is 0. The van der Waals surface area contributed by atoms with Gasteiger partial charge in [0.2, 0.25) is 5.91 Å². The normalized spacial score (nSPS) is 23.9. The van der Waals surface area contributed by atoms with Crippen LogP contribution in [-0.4, -0.2) is 86.1 Å². The van der Waals surface area contributed by atoms with Crippen molar-refractivity contribution in [3.8, 4) is 0 Å². The van der Waals surface area contributed by atoms with E-state index in [1.54, 1.807) is 6.92 Å². The molecule has 0 bridgehead atoms. The van der Waals surface area contributed by atoms with Crippen LogP contribution in [0.3, 0.4) is 0 Å². The minimum Gasteiger partial charge on any atom is -0.342 e. The topological polar surface area (TPSA) is 38.8 Å². The maximum atomic E-state index is 11.4. The smallest absolute Gasteiger partial charge is 0.219 e. The van der Waals surface area contributed by atoms with E-state index in [2.05, 4.69) is 15.1 Å². The Morgan fingerprint density at radius 2 is 1.61 bits per heavy atom. The summed E-state index contributed by atoms with van der Waals surface area (Å²) in [4.78, 5) is 18.4. The van der Waals surface area contributed by atoms with Gasteiger partial charge in [0.15, 0.2) is 0 Å². The Bertz CT molecular complexity index is 266. The van der Waals surface area contributed by atoms with Crippen molar-refractivity contribution in [3.63, 3.8) is 0 Å². The van der Waals surface area contributed by atoms with Crippen molar-refractivity contribution < 1.29 is 4.79 Å². The average molecular weight is 254 g/mol. The Morgan fingerprint density at radius 3 is 2.28 bits per heavy atom. The van der Waals surface area contributed by atoms with Crippen molar-refractivity contribution >= 4 is 5.91 Å². The molecule has 0 aromatic heterocycles. The second-order valence-corrected chi connectivity index (χ2v) is 5.29. The second kappa shape index (κ2) is 7.07. The van der Waals surface area contributed by atoms with Crippen LogP contribution in [0.4, 0.5) is 0 Å². The van der Waals surface area contributed by atoms with Crippen LogP contribution >= 0.6 is 0 Å². The number of amides is 1. The average Bonchev–Trinajstić information content (AvgIpc) is 2.63. The standard InChI is InChI=1S/C13H26N4O/c1-13(18)17-6-2-5-15(11-12-17)9-10-16-7-3-14-4-8-16/h14H,2-12H2,1H3. The van der Waals surface area contributed by atoms with E-state index in [0.29, 0.717) is 0 Å². The summed E-state index contributed by atoms with van der Waals surface area (Å²) in [5.41, 5.74) is 0. The molecule has 2 aliphatic heterocycles. The molecule has 0 spiro atoms. The van der Waals surface area contributed by atoms with Gasteiger partial charge in [-0.2, -0.15) is 0 Å². The van der Waals surface area contributed by atoms with Gasteiger partial charge in [0, 0.05) is 65.8 Å². The van der Waals surface area contributed by atoms with Crippen LogP contribution in [0.1, 0.15) is 13.3 Å². The highest BCUT2D eigenvalue weighted by Crippen LogP contribution is 2.04. The summed E-state index contributed by atoms with van der Waals surface area (Å²) in [5, 5.41) is 3.38. The zero-order chi connectivity index (χ0) is 12.8. The number of piperazine rings is 1. The monoisotopic (exact) mass is 254 g/mol. The molecule has 0 aromatic rings. The molecule has 0 saturated carbocycles. The van der Waals surface area contributed by atoms with Crippen molar-refractivity contribution in [1.82, 2.24) is 20.0 Å². The van der Waals surface area contributed by atoms with Crippen LogP contribution < -0.4 is 5.32 Å². The van der Waals surface area contributed by atoms with Crippen molar-refractivity contribution in [1.29, 1.82) is 0 Å². The molecule has 2 aliphatic rings. The SMILES string of the molecule is CC(=O)N1CCCN(CCN2CCNCC2)CC1. The van der Waals surface area contributed by atoms with E-state index in [1.165, 1.54) is 19.6 Å². The maximum absolute atomic E-state index is 11.4. The molecule has 1 N–H and O–H groups in total. The molecule has 18 heavy (non-hydrogen) atoms. The minimum absolute atomic E-state index is 0.221. The quantitative estimate of drug-likeness (QED) is 0.733. The van der Waals surface area contributed by atoms with Gasteiger partial charge in [0.25, 0.3) is 0 Å². The Kier molecular flexibility index (Phi) is 5.41. The first kappa shape index (κ1) is 13.8. The lowest BCUT2D eigenvalue weighted by molar-refractivity contribution is -0.128. The number of carbonyl (C=O) groups is 1. The largest absolute Gasteiger partial charge is 0.342 e. The Hall–Kier alpha value is -0.650. The van der Waals surface area contributed by atoms with E-state index in [1.807, 2.05) is 4.90 Å². The molecule has 5 heteroatoms. The Labute approximate surface area is 110 Å². The lowest BCUT2D eigenvalue weighted by atomic mass is 10.3. The van der Waals surface area contributed by atoms with Crippen LogP contribution in [-0.2, 0) is 4.79 Å². The third-order valence-electron chi connectivity index (χ3n) is 3.98. The number of hydrogen-bond donors (Lipinski definition) is 1. The predicted molar refractivity (Wildman–Crippen MR) is 72.6 cm³/mol. The molecule has 0 aromatic carbocycles. The van der Waals surface area contributed by atoms with E-state index < -0.39 is 0 Å². The molecular weight excluding hydrogens is 228 g/mol. The van der Waals surface area contributed by atoms with E-state index in [-0.39, 0.29) is 5.91 Å². The fourth-order valence-corrected chi connectivity index (χ4v) is 2.73. The molecule has 2 rings (SSSR count). The minimum atomic E-state index is 0.221. The van der Waals surface area contributed by atoms with Crippen molar-refractivity contribution in [2.75, 3.05) is 65.4 Å². The molecule has 0 radical (unpaired) electrons. The van der Waals surface area contributed by atoms with Crippen molar-refractivity contribution in [2.24, 2.45) is 0 Å². The molecule has 2 heterocycles. The fourth-order valence-electron chi connectivity index (χ4n) is 2.73. The summed E-state index contributed by atoms with van der Waals surface area (Å²) in [6.07, 6.45) is 1.11. The highest BCUT2D eigenvalue weighted by Gasteiger charge is 2.17. The Balaban J connectivity index is 1.68. The van der Waals surface area contributed by atoms with Crippen LogP contribution in [0.15, 0.2) is 0 Å². The van der Waals surface area contributed by atoms with Gasteiger partial charge < -0.3 is 15.1 Å². The zero-order valence-corrected chi connectivity index (χ0v) is 11.5. The van der Waals surface area contributed by atoms with E-state index in [0.717, 1.165) is 52.2 Å². The summed E-state index contributed by atoms with van der Waals surface area (Å²) in [7, 11) is 0. The molecular formula is C13H26N4O. The van der Waals surface area contributed by atoms with Crippen LogP contribution in [0.2, 0.25) is 0 Å². The third kappa shape index (κ3) is 4.23. The van der Waals surface area contributed by atoms with Crippen LogP contribution in [0.25, 0.3) is 0 Å². The molecule has 2 fully saturated rings. The first-order chi connectivity index (χ1) is 8.75. The fraction of sp³-hybridized carbons (Fsp3) is 0.923. The highest BCUT2D eigenvalue weighted by molar-refractivity contribution is 5.73. The van der Waals surface area contributed by atoms with E-state index in [9.17, 15) is 4.79 Å². The molecule has 2 saturated heterocycles. The summed E-state index contributed by atoms with van der Waals surface area (Å²) < 4.78 is 0. The molecule has 104 valence electrons. The van der Waals surface area contributed by atoms with Crippen molar-refractivity contribution in [3.05, 3.63) is 0 Å².